The molecule has 6 nitrogen and oxygen atoms in total. The highest BCUT2D eigenvalue weighted by atomic mass is 16.5. The summed E-state index contributed by atoms with van der Waals surface area (Å²) in [6, 6.07) is 1.29. The van der Waals surface area contributed by atoms with E-state index < -0.39 is 12.0 Å². The number of carboxylic acid groups (broad SMARTS) is 1. The summed E-state index contributed by atoms with van der Waals surface area (Å²) in [4.78, 5) is 22.3. The Labute approximate surface area is 124 Å². The lowest BCUT2D eigenvalue weighted by Crippen LogP contribution is -2.40. The SMILES string of the molecule is CCOc1cc(N2CC3CCCC3C2C(=O)O)nc(C)n1. The number of rotatable bonds is 4. The van der Waals surface area contributed by atoms with Gasteiger partial charge in [0.25, 0.3) is 0 Å². The van der Waals surface area contributed by atoms with Gasteiger partial charge in [0.15, 0.2) is 0 Å². The normalized spacial score (nSPS) is 27.7. The van der Waals surface area contributed by atoms with Crippen molar-refractivity contribution in [3.05, 3.63) is 11.9 Å². The number of aryl methyl sites for hydroxylation is 1. The molecule has 1 saturated carbocycles. The summed E-state index contributed by atoms with van der Waals surface area (Å²) >= 11 is 0. The molecular weight excluding hydrogens is 270 g/mol. The third kappa shape index (κ3) is 2.54. The number of hydrogen-bond donors (Lipinski definition) is 1. The van der Waals surface area contributed by atoms with E-state index in [2.05, 4.69) is 9.97 Å². The first kappa shape index (κ1) is 14.1. The second-order valence-corrected chi connectivity index (χ2v) is 5.83. The van der Waals surface area contributed by atoms with Crippen molar-refractivity contribution in [2.45, 2.75) is 39.2 Å². The Morgan fingerprint density at radius 3 is 3.00 bits per heavy atom. The fourth-order valence-corrected chi connectivity index (χ4v) is 3.75. The summed E-state index contributed by atoms with van der Waals surface area (Å²) in [5, 5.41) is 9.62. The van der Waals surface area contributed by atoms with Gasteiger partial charge in [-0.3, -0.25) is 0 Å². The molecule has 1 aliphatic carbocycles. The van der Waals surface area contributed by atoms with Crippen LogP contribution in [0.15, 0.2) is 6.07 Å². The minimum absolute atomic E-state index is 0.244. The maximum absolute atomic E-state index is 11.7. The minimum Gasteiger partial charge on any atom is -0.480 e. The molecule has 2 heterocycles. The van der Waals surface area contributed by atoms with Gasteiger partial charge in [0.1, 0.15) is 17.7 Å². The largest absolute Gasteiger partial charge is 0.480 e. The van der Waals surface area contributed by atoms with Crippen LogP contribution < -0.4 is 9.64 Å². The van der Waals surface area contributed by atoms with Crippen LogP contribution >= 0.6 is 0 Å². The highest BCUT2D eigenvalue weighted by molar-refractivity contribution is 5.79. The number of anilines is 1. The molecule has 1 saturated heterocycles. The zero-order valence-electron chi connectivity index (χ0n) is 12.5. The van der Waals surface area contributed by atoms with Gasteiger partial charge < -0.3 is 14.7 Å². The fraction of sp³-hybridized carbons (Fsp3) is 0.667. The van der Waals surface area contributed by atoms with E-state index in [1.54, 1.807) is 13.0 Å². The van der Waals surface area contributed by atoms with E-state index in [0.717, 1.165) is 25.8 Å². The lowest BCUT2D eigenvalue weighted by Gasteiger charge is -2.25. The summed E-state index contributed by atoms with van der Waals surface area (Å²) in [5.41, 5.74) is 0. The summed E-state index contributed by atoms with van der Waals surface area (Å²) in [6.07, 6.45) is 3.26. The van der Waals surface area contributed by atoms with Gasteiger partial charge >= 0.3 is 5.97 Å². The van der Waals surface area contributed by atoms with Gasteiger partial charge in [-0.05, 0) is 38.5 Å². The number of nitrogens with zero attached hydrogens (tertiary/aromatic N) is 3. The number of ether oxygens (including phenoxy) is 1. The van der Waals surface area contributed by atoms with Gasteiger partial charge in [0.05, 0.1) is 6.61 Å². The topological polar surface area (TPSA) is 75.5 Å². The van der Waals surface area contributed by atoms with Gasteiger partial charge in [-0.1, -0.05) is 6.42 Å². The molecule has 1 aromatic rings. The van der Waals surface area contributed by atoms with Crippen molar-refractivity contribution >= 4 is 11.8 Å². The van der Waals surface area contributed by atoms with Gasteiger partial charge in [-0.25, -0.2) is 9.78 Å². The highest BCUT2D eigenvalue weighted by Crippen LogP contribution is 2.43. The predicted molar refractivity (Wildman–Crippen MR) is 77.5 cm³/mol. The molecule has 0 radical (unpaired) electrons. The molecule has 6 heteroatoms. The van der Waals surface area contributed by atoms with Crippen LogP contribution in [0.3, 0.4) is 0 Å². The first-order valence-electron chi connectivity index (χ1n) is 7.58. The maximum atomic E-state index is 11.7. The van der Waals surface area contributed by atoms with Crippen LogP contribution in [-0.4, -0.2) is 40.2 Å². The van der Waals surface area contributed by atoms with E-state index in [-0.39, 0.29) is 5.92 Å². The molecule has 2 fully saturated rings. The van der Waals surface area contributed by atoms with E-state index in [1.165, 1.54) is 0 Å². The first-order valence-corrected chi connectivity index (χ1v) is 7.58. The molecule has 0 bridgehead atoms. The number of aliphatic carboxylic acids is 1. The van der Waals surface area contributed by atoms with Crippen molar-refractivity contribution < 1.29 is 14.6 Å². The van der Waals surface area contributed by atoms with Crippen LogP contribution in [0.2, 0.25) is 0 Å². The number of hydrogen-bond acceptors (Lipinski definition) is 5. The number of carbonyl (C=O) groups is 1. The predicted octanol–water partition coefficient (Wildman–Crippen LogP) is 1.87. The first-order chi connectivity index (χ1) is 10.1. The summed E-state index contributed by atoms with van der Waals surface area (Å²) < 4.78 is 5.45. The van der Waals surface area contributed by atoms with Crippen LogP contribution in [0.4, 0.5) is 5.82 Å². The molecule has 3 atom stereocenters. The number of carboxylic acids is 1. The van der Waals surface area contributed by atoms with Crippen LogP contribution in [0.1, 0.15) is 32.0 Å². The van der Waals surface area contributed by atoms with Crippen molar-refractivity contribution in [3.63, 3.8) is 0 Å². The van der Waals surface area contributed by atoms with Crippen molar-refractivity contribution in [2.24, 2.45) is 11.8 Å². The molecule has 21 heavy (non-hydrogen) atoms. The molecule has 2 aliphatic rings. The second kappa shape index (κ2) is 5.50. The van der Waals surface area contributed by atoms with E-state index >= 15 is 0 Å². The maximum Gasteiger partial charge on any atom is 0.326 e. The zero-order chi connectivity index (χ0) is 15.0. The molecular formula is C15H21N3O3. The number of fused-ring (bicyclic) bond motifs is 1. The van der Waals surface area contributed by atoms with Crippen LogP contribution in [0, 0.1) is 18.8 Å². The lowest BCUT2D eigenvalue weighted by molar-refractivity contribution is -0.139. The van der Waals surface area contributed by atoms with E-state index in [0.29, 0.717) is 30.0 Å². The summed E-state index contributed by atoms with van der Waals surface area (Å²) in [5.74, 6) is 1.76. The molecule has 114 valence electrons. The van der Waals surface area contributed by atoms with Crippen molar-refractivity contribution in [2.75, 3.05) is 18.1 Å². The van der Waals surface area contributed by atoms with E-state index in [1.807, 2.05) is 11.8 Å². The van der Waals surface area contributed by atoms with Crippen LogP contribution in [0.5, 0.6) is 5.88 Å². The molecule has 1 N–H and O–H groups in total. The molecule has 1 aliphatic heterocycles. The third-order valence-electron chi connectivity index (χ3n) is 4.53. The van der Waals surface area contributed by atoms with Crippen molar-refractivity contribution in [1.29, 1.82) is 0 Å². The van der Waals surface area contributed by atoms with Crippen molar-refractivity contribution in [1.82, 2.24) is 9.97 Å². The third-order valence-corrected chi connectivity index (χ3v) is 4.53. The standard InChI is InChI=1S/C15H21N3O3/c1-3-21-13-7-12(16-9(2)17-13)18-8-10-5-4-6-11(10)14(18)15(19)20/h7,10-11,14H,3-6,8H2,1-2H3,(H,19,20). The monoisotopic (exact) mass is 291 g/mol. The Morgan fingerprint density at radius 1 is 1.48 bits per heavy atom. The Hall–Kier alpha value is -1.85. The highest BCUT2D eigenvalue weighted by Gasteiger charge is 2.48. The average Bonchev–Trinajstić information content (AvgIpc) is 2.97. The summed E-state index contributed by atoms with van der Waals surface area (Å²) in [6.45, 7) is 5.00. The molecule has 0 aromatic carbocycles. The Bertz CT molecular complexity index is 549. The average molecular weight is 291 g/mol. The lowest BCUT2D eigenvalue weighted by atomic mass is 9.94. The fourth-order valence-electron chi connectivity index (χ4n) is 3.75. The minimum atomic E-state index is -0.751. The Morgan fingerprint density at radius 2 is 2.29 bits per heavy atom. The smallest absolute Gasteiger partial charge is 0.326 e. The summed E-state index contributed by atoms with van der Waals surface area (Å²) in [7, 11) is 0. The van der Waals surface area contributed by atoms with Gasteiger partial charge in [-0.15, -0.1) is 0 Å². The Kier molecular flexibility index (Phi) is 3.69. The van der Waals surface area contributed by atoms with Crippen LogP contribution in [-0.2, 0) is 4.79 Å². The van der Waals surface area contributed by atoms with Gasteiger partial charge in [-0.2, -0.15) is 4.98 Å². The molecule has 1 aromatic heterocycles. The quantitative estimate of drug-likeness (QED) is 0.912. The van der Waals surface area contributed by atoms with Gasteiger partial charge in [0, 0.05) is 12.6 Å². The van der Waals surface area contributed by atoms with Gasteiger partial charge in [0.2, 0.25) is 5.88 Å². The molecule has 3 rings (SSSR count). The van der Waals surface area contributed by atoms with Crippen LogP contribution in [0.25, 0.3) is 0 Å². The second-order valence-electron chi connectivity index (χ2n) is 5.83. The zero-order valence-corrected chi connectivity index (χ0v) is 12.5. The van der Waals surface area contributed by atoms with E-state index in [9.17, 15) is 9.90 Å². The van der Waals surface area contributed by atoms with Crippen molar-refractivity contribution in [3.8, 4) is 5.88 Å². The Balaban J connectivity index is 1.93. The molecule has 0 spiro atoms. The molecule has 0 amide bonds. The molecule has 3 unspecified atom stereocenters. The number of aromatic nitrogens is 2. The van der Waals surface area contributed by atoms with E-state index in [4.69, 9.17) is 4.74 Å².